The normalized spacial score (nSPS) is 19.6. The summed E-state index contributed by atoms with van der Waals surface area (Å²) in [5.41, 5.74) is 1.97. The summed E-state index contributed by atoms with van der Waals surface area (Å²) in [7, 11) is 1.67. The second-order valence-corrected chi connectivity index (χ2v) is 7.08. The SMILES string of the molecule is COc1ccc(N2CNC(=O)C23CCN(Cc2ccccc2)CC3)cc1. The van der Waals surface area contributed by atoms with Gasteiger partial charge in [0.2, 0.25) is 5.91 Å². The van der Waals surface area contributed by atoms with Gasteiger partial charge in [-0.2, -0.15) is 0 Å². The van der Waals surface area contributed by atoms with E-state index in [-0.39, 0.29) is 5.91 Å². The molecule has 2 aliphatic rings. The summed E-state index contributed by atoms with van der Waals surface area (Å²) >= 11 is 0. The molecule has 136 valence electrons. The van der Waals surface area contributed by atoms with Crippen molar-refractivity contribution in [1.29, 1.82) is 0 Å². The first kappa shape index (κ1) is 16.9. The molecule has 0 bridgehead atoms. The minimum Gasteiger partial charge on any atom is -0.497 e. The lowest BCUT2D eigenvalue weighted by atomic mass is 9.85. The van der Waals surface area contributed by atoms with E-state index in [1.807, 2.05) is 30.3 Å². The fraction of sp³-hybridized carbons (Fsp3) is 0.381. The summed E-state index contributed by atoms with van der Waals surface area (Å²) in [5.74, 6) is 0.992. The fourth-order valence-electron chi connectivity index (χ4n) is 4.11. The van der Waals surface area contributed by atoms with Crippen molar-refractivity contribution >= 4 is 11.6 Å². The summed E-state index contributed by atoms with van der Waals surface area (Å²) < 4.78 is 5.25. The number of carbonyl (C=O) groups excluding carboxylic acids is 1. The molecule has 0 aromatic heterocycles. The largest absolute Gasteiger partial charge is 0.497 e. The number of hydrogen-bond acceptors (Lipinski definition) is 4. The fourth-order valence-corrected chi connectivity index (χ4v) is 4.11. The molecule has 1 N–H and O–H groups in total. The van der Waals surface area contributed by atoms with Gasteiger partial charge in [-0.1, -0.05) is 30.3 Å². The molecule has 1 spiro atoms. The number of carbonyl (C=O) groups is 1. The van der Waals surface area contributed by atoms with Crippen LogP contribution in [-0.2, 0) is 11.3 Å². The lowest BCUT2D eigenvalue weighted by Crippen LogP contribution is -2.56. The average Bonchev–Trinajstić information content (AvgIpc) is 3.01. The molecule has 5 heteroatoms. The maximum atomic E-state index is 12.7. The van der Waals surface area contributed by atoms with E-state index in [0.29, 0.717) is 6.67 Å². The Bertz CT molecular complexity index is 753. The van der Waals surface area contributed by atoms with E-state index in [2.05, 4.69) is 39.4 Å². The van der Waals surface area contributed by atoms with E-state index in [1.54, 1.807) is 7.11 Å². The molecule has 2 aromatic rings. The molecule has 0 saturated carbocycles. The maximum Gasteiger partial charge on any atom is 0.247 e. The van der Waals surface area contributed by atoms with Gasteiger partial charge < -0.3 is 15.0 Å². The Morgan fingerprint density at radius 3 is 2.38 bits per heavy atom. The second-order valence-electron chi connectivity index (χ2n) is 7.08. The smallest absolute Gasteiger partial charge is 0.247 e. The van der Waals surface area contributed by atoms with Crippen LogP contribution in [0.3, 0.4) is 0 Å². The van der Waals surface area contributed by atoms with Gasteiger partial charge in [-0.05, 0) is 42.7 Å². The molecule has 5 nitrogen and oxygen atoms in total. The van der Waals surface area contributed by atoms with Gasteiger partial charge in [-0.15, -0.1) is 0 Å². The van der Waals surface area contributed by atoms with Crippen LogP contribution in [0, 0.1) is 0 Å². The highest BCUT2D eigenvalue weighted by atomic mass is 16.5. The number of hydrogen-bond donors (Lipinski definition) is 1. The number of methoxy groups -OCH3 is 1. The zero-order valence-electron chi connectivity index (χ0n) is 15.1. The van der Waals surface area contributed by atoms with Gasteiger partial charge in [0.25, 0.3) is 0 Å². The van der Waals surface area contributed by atoms with Gasteiger partial charge in [0.05, 0.1) is 13.8 Å². The zero-order chi connectivity index (χ0) is 18.0. The minimum atomic E-state index is -0.429. The number of rotatable bonds is 4. The Morgan fingerprint density at radius 2 is 1.73 bits per heavy atom. The Kier molecular flexibility index (Phi) is 4.55. The van der Waals surface area contributed by atoms with Crippen LogP contribution in [0.2, 0.25) is 0 Å². The Balaban J connectivity index is 1.48. The number of amides is 1. The lowest BCUT2D eigenvalue weighted by molar-refractivity contribution is -0.125. The molecule has 2 aromatic carbocycles. The van der Waals surface area contributed by atoms with Crippen molar-refractivity contribution in [1.82, 2.24) is 10.2 Å². The van der Waals surface area contributed by atoms with Crippen LogP contribution in [0.4, 0.5) is 5.69 Å². The first-order valence-corrected chi connectivity index (χ1v) is 9.17. The predicted octanol–water partition coefficient (Wildman–Crippen LogP) is 2.62. The third-order valence-corrected chi connectivity index (χ3v) is 5.65. The van der Waals surface area contributed by atoms with E-state index in [1.165, 1.54) is 5.56 Å². The van der Waals surface area contributed by atoms with Gasteiger partial charge in [0, 0.05) is 25.3 Å². The molecule has 0 atom stereocenters. The first-order valence-electron chi connectivity index (χ1n) is 9.17. The van der Waals surface area contributed by atoms with Crippen molar-refractivity contribution in [2.75, 3.05) is 31.8 Å². The predicted molar refractivity (Wildman–Crippen MR) is 102 cm³/mol. The van der Waals surface area contributed by atoms with Crippen LogP contribution in [0.1, 0.15) is 18.4 Å². The molecule has 0 unspecified atom stereocenters. The highest BCUT2D eigenvalue weighted by molar-refractivity contribution is 5.93. The molecule has 26 heavy (non-hydrogen) atoms. The number of benzene rings is 2. The monoisotopic (exact) mass is 351 g/mol. The number of piperidine rings is 1. The van der Waals surface area contributed by atoms with E-state index in [0.717, 1.165) is 43.9 Å². The summed E-state index contributed by atoms with van der Waals surface area (Å²) in [4.78, 5) is 17.4. The number of anilines is 1. The summed E-state index contributed by atoms with van der Waals surface area (Å²) in [6, 6.07) is 18.5. The van der Waals surface area contributed by atoms with Crippen molar-refractivity contribution in [2.45, 2.75) is 24.9 Å². The molecular weight excluding hydrogens is 326 g/mol. The van der Waals surface area contributed by atoms with Crippen LogP contribution >= 0.6 is 0 Å². The Labute approximate surface area is 154 Å². The molecule has 0 radical (unpaired) electrons. The van der Waals surface area contributed by atoms with Crippen LogP contribution < -0.4 is 15.0 Å². The van der Waals surface area contributed by atoms with Gasteiger partial charge in [-0.3, -0.25) is 9.69 Å². The molecule has 0 aliphatic carbocycles. The van der Waals surface area contributed by atoms with Crippen molar-refractivity contribution in [3.8, 4) is 5.75 Å². The minimum absolute atomic E-state index is 0.160. The molecule has 2 saturated heterocycles. The van der Waals surface area contributed by atoms with Gasteiger partial charge in [0.15, 0.2) is 0 Å². The highest BCUT2D eigenvalue weighted by Crippen LogP contribution is 2.37. The number of nitrogens with zero attached hydrogens (tertiary/aromatic N) is 2. The highest BCUT2D eigenvalue weighted by Gasteiger charge is 2.50. The number of ether oxygens (including phenoxy) is 1. The third-order valence-electron chi connectivity index (χ3n) is 5.65. The second kappa shape index (κ2) is 7.00. The molecule has 2 aliphatic heterocycles. The van der Waals surface area contributed by atoms with Gasteiger partial charge in [-0.25, -0.2) is 0 Å². The quantitative estimate of drug-likeness (QED) is 0.920. The third kappa shape index (κ3) is 3.03. The molecule has 2 heterocycles. The Hall–Kier alpha value is -2.53. The van der Waals surface area contributed by atoms with Gasteiger partial charge >= 0.3 is 0 Å². The van der Waals surface area contributed by atoms with E-state index in [4.69, 9.17) is 4.74 Å². The van der Waals surface area contributed by atoms with E-state index in [9.17, 15) is 4.79 Å². The zero-order valence-corrected chi connectivity index (χ0v) is 15.1. The summed E-state index contributed by atoms with van der Waals surface area (Å²) in [5, 5.41) is 3.06. The standard InChI is InChI=1S/C21H25N3O2/c1-26-19-9-7-18(8-10-19)24-16-22-20(25)21(24)11-13-23(14-12-21)15-17-5-3-2-4-6-17/h2-10H,11-16H2,1H3,(H,22,25). The first-order chi connectivity index (χ1) is 12.7. The van der Waals surface area contributed by atoms with E-state index < -0.39 is 5.54 Å². The van der Waals surface area contributed by atoms with Crippen LogP contribution in [0.25, 0.3) is 0 Å². The molecular formula is C21H25N3O2. The van der Waals surface area contributed by atoms with Gasteiger partial charge in [0.1, 0.15) is 11.3 Å². The number of likely N-dealkylation sites (tertiary alicyclic amines) is 1. The summed E-state index contributed by atoms with van der Waals surface area (Å²) in [6.07, 6.45) is 1.69. The molecule has 2 fully saturated rings. The number of nitrogens with one attached hydrogen (secondary N) is 1. The Morgan fingerprint density at radius 1 is 1.04 bits per heavy atom. The van der Waals surface area contributed by atoms with Crippen molar-refractivity contribution in [3.05, 3.63) is 60.2 Å². The van der Waals surface area contributed by atoms with Crippen LogP contribution in [0.15, 0.2) is 54.6 Å². The van der Waals surface area contributed by atoms with Crippen LogP contribution in [-0.4, -0.2) is 43.2 Å². The van der Waals surface area contributed by atoms with E-state index >= 15 is 0 Å². The maximum absolute atomic E-state index is 12.7. The molecule has 1 amide bonds. The van der Waals surface area contributed by atoms with Crippen molar-refractivity contribution in [3.63, 3.8) is 0 Å². The topological polar surface area (TPSA) is 44.8 Å². The molecule has 4 rings (SSSR count). The summed E-state index contributed by atoms with van der Waals surface area (Å²) in [6.45, 7) is 3.37. The van der Waals surface area contributed by atoms with Crippen molar-refractivity contribution < 1.29 is 9.53 Å². The average molecular weight is 351 g/mol. The lowest BCUT2D eigenvalue weighted by Gasteiger charge is -2.43. The van der Waals surface area contributed by atoms with Crippen molar-refractivity contribution in [2.24, 2.45) is 0 Å². The van der Waals surface area contributed by atoms with Crippen LogP contribution in [0.5, 0.6) is 5.75 Å².